The van der Waals surface area contributed by atoms with Crippen LogP contribution in [0.5, 0.6) is 0 Å². The van der Waals surface area contributed by atoms with E-state index in [1.54, 1.807) is 0 Å². The number of hydrogen-bond donors (Lipinski definition) is 2. The second-order valence-corrected chi connectivity index (χ2v) is 5.13. The zero-order valence-corrected chi connectivity index (χ0v) is 12.1. The van der Waals surface area contributed by atoms with Gasteiger partial charge < -0.3 is 15.2 Å². The molecule has 0 spiro atoms. The van der Waals surface area contributed by atoms with E-state index in [4.69, 9.17) is 9.84 Å². The lowest BCUT2D eigenvalue weighted by molar-refractivity contribution is -0.150. The molecule has 2 atom stereocenters. The molecule has 1 saturated carbocycles. The van der Waals surface area contributed by atoms with Crippen LogP contribution in [0.15, 0.2) is 0 Å². The first kappa shape index (κ1) is 16.0. The van der Waals surface area contributed by atoms with E-state index in [2.05, 4.69) is 19.2 Å². The first-order valence-corrected chi connectivity index (χ1v) is 7.12. The van der Waals surface area contributed by atoms with Gasteiger partial charge in [0.05, 0.1) is 12.5 Å². The fraction of sp³-hybridized carbons (Fsp3) is 0.857. The monoisotopic (exact) mass is 271 g/mol. The van der Waals surface area contributed by atoms with E-state index in [0.29, 0.717) is 6.61 Å². The number of carboxylic acid groups (broad SMARTS) is 1. The molecule has 2 unspecified atom stereocenters. The highest BCUT2D eigenvalue weighted by Gasteiger charge is 2.53. The summed E-state index contributed by atoms with van der Waals surface area (Å²) < 4.78 is 5.74. The summed E-state index contributed by atoms with van der Waals surface area (Å²) in [6.07, 6.45) is 2.88. The number of amides is 1. The molecule has 19 heavy (non-hydrogen) atoms. The number of ether oxygens (including phenoxy) is 1. The molecule has 0 aromatic heterocycles. The minimum atomic E-state index is -0.937. The van der Waals surface area contributed by atoms with Crippen molar-refractivity contribution in [2.45, 2.75) is 65.0 Å². The number of carboxylic acids is 1. The van der Waals surface area contributed by atoms with Gasteiger partial charge in [-0.05, 0) is 26.2 Å². The number of nitrogens with one attached hydrogen (secondary N) is 1. The van der Waals surface area contributed by atoms with Crippen molar-refractivity contribution in [1.29, 1.82) is 0 Å². The highest BCUT2D eigenvalue weighted by atomic mass is 16.5. The lowest BCUT2D eigenvalue weighted by Crippen LogP contribution is -2.64. The Labute approximate surface area is 114 Å². The average Bonchev–Trinajstić information content (AvgIpc) is 2.36. The molecule has 0 saturated heterocycles. The minimum absolute atomic E-state index is 0.00882. The van der Waals surface area contributed by atoms with Gasteiger partial charge in [-0.3, -0.25) is 9.59 Å². The lowest BCUT2D eigenvalue weighted by atomic mass is 9.58. The first-order chi connectivity index (χ1) is 9.00. The molecule has 0 aromatic rings. The number of aliphatic carboxylic acids is 1. The van der Waals surface area contributed by atoms with Crippen molar-refractivity contribution in [2.75, 3.05) is 6.61 Å². The van der Waals surface area contributed by atoms with Crippen LogP contribution in [-0.2, 0) is 14.3 Å². The van der Waals surface area contributed by atoms with Crippen LogP contribution in [0.3, 0.4) is 0 Å². The summed E-state index contributed by atoms with van der Waals surface area (Å²) in [5, 5.41) is 11.5. The molecule has 2 N–H and O–H groups in total. The lowest BCUT2D eigenvalue weighted by Gasteiger charge is -2.55. The molecule has 5 nitrogen and oxygen atoms in total. The van der Waals surface area contributed by atoms with Crippen LogP contribution in [0.25, 0.3) is 0 Å². The Hall–Kier alpha value is -1.10. The molecular formula is C14H25NO4. The molecular weight excluding hydrogens is 246 g/mol. The van der Waals surface area contributed by atoms with Crippen molar-refractivity contribution in [3.8, 4) is 0 Å². The Morgan fingerprint density at radius 1 is 1.26 bits per heavy atom. The van der Waals surface area contributed by atoms with Crippen LogP contribution in [0.1, 0.15) is 52.9 Å². The Kier molecular flexibility index (Phi) is 5.79. The zero-order chi connectivity index (χ0) is 14.5. The maximum atomic E-state index is 11.7. The van der Waals surface area contributed by atoms with E-state index in [9.17, 15) is 9.59 Å². The van der Waals surface area contributed by atoms with Crippen LogP contribution < -0.4 is 5.32 Å². The number of carbonyl (C=O) groups is 2. The Morgan fingerprint density at radius 2 is 1.89 bits per heavy atom. The largest absolute Gasteiger partial charge is 0.481 e. The number of carbonyl (C=O) groups excluding carboxylic acids is 1. The molecule has 1 rings (SSSR count). The molecule has 0 aliphatic heterocycles. The maximum absolute atomic E-state index is 11.7. The summed E-state index contributed by atoms with van der Waals surface area (Å²) in [6.45, 7) is 6.90. The summed E-state index contributed by atoms with van der Waals surface area (Å²) in [5.41, 5.74) is 0.00882. The van der Waals surface area contributed by atoms with Crippen LogP contribution in [0.2, 0.25) is 0 Å². The third-order valence-electron chi connectivity index (χ3n) is 4.37. The van der Waals surface area contributed by atoms with E-state index in [1.165, 1.54) is 0 Å². The summed E-state index contributed by atoms with van der Waals surface area (Å²) in [4.78, 5) is 22.2. The predicted molar refractivity (Wildman–Crippen MR) is 71.8 cm³/mol. The standard InChI is InChI=1S/C14H25NO4/c1-4-14(5-2)10(9-11(14)19-6-3)15-12(16)7-8-13(17)18/h10-11H,4-9H2,1-3H3,(H,15,16)(H,17,18). The molecule has 110 valence electrons. The quantitative estimate of drug-likeness (QED) is 0.707. The second kappa shape index (κ2) is 6.89. The fourth-order valence-electron chi connectivity index (χ4n) is 3.07. The third kappa shape index (κ3) is 3.47. The fourth-order valence-corrected chi connectivity index (χ4v) is 3.07. The smallest absolute Gasteiger partial charge is 0.303 e. The maximum Gasteiger partial charge on any atom is 0.303 e. The van der Waals surface area contributed by atoms with Gasteiger partial charge in [-0.2, -0.15) is 0 Å². The first-order valence-electron chi connectivity index (χ1n) is 7.12. The minimum Gasteiger partial charge on any atom is -0.481 e. The van der Waals surface area contributed by atoms with Crippen LogP contribution in [0, 0.1) is 5.41 Å². The topological polar surface area (TPSA) is 75.6 Å². The Balaban J connectivity index is 2.54. The van der Waals surface area contributed by atoms with E-state index in [1.807, 2.05) is 6.92 Å². The Bertz CT molecular complexity index is 325. The van der Waals surface area contributed by atoms with Gasteiger partial charge in [-0.25, -0.2) is 0 Å². The SMILES string of the molecule is CCOC1CC(NC(=O)CCC(=O)O)C1(CC)CC. The van der Waals surface area contributed by atoms with Crippen molar-refractivity contribution in [3.05, 3.63) is 0 Å². The van der Waals surface area contributed by atoms with Crippen molar-refractivity contribution >= 4 is 11.9 Å². The van der Waals surface area contributed by atoms with Crippen LogP contribution in [-0.4, -0.2) is 35.7 Å². The number of hydrogen-bond acceptors (Lipinski definition) is 3. The number of rotatable bonds is 8. The summed E-state index contributed by atoms with van der Waals surface area (Å²) in [5.74, 6) is -1.11. The normalized spacial score (nSPS) is 24.6. The van der Waals surface area contributed by atoms with E-state index < -0.39 is 5.97 Å². The molecule has 0 radical (unpaired) electrons. The molecule has 0 heterocycles. The van der Waals surface area contributed by atoms with Gasteiger partial charge in [-0.1, -0.05) is 13.8 Å². The van der Waals surface area contributed by atoms with Crippen molar-refractivity contribution in [1.82, 2.24) is 5.32 Å². The molecule has 0 bridgehead atoms. The van der Waals surface area contributed by atoms with Gasteiger partial charge in [0.1, 0.15) is 0 Å². The van der Waals surface area contributed by atoms with Crippen LogP contribution in [0.4, 0.5) is 0 Å². The summed E-state index contributed by atoms with van der Waals surface area (Å²) in [7, 11) is 0. The second-order valence-electron chi connectivity index (χ2n) is 5.13. The predicted octanol–water partition coefficient (Wildman–Crippen LogP) is 1.95. The van der Waals surface area contributed by atoms with Gasteiger partial charge in [0.15, 0.2) is 0 Å². The summed E-state index contributed by atoms with van der Waals surface area (Å²) in [6, 6.07) is 0.111. The zero-order valence-electron chi connectivity index (χ0n) is 12.1. The molecule has 1 aliphatic rings. The Morgan fingerprint density at radius 3 is 2.37 bits per heavy atom. The molecule has 5 heteroatoms. The molecule has 0 aromatic carbocycles. The summed E-state index contributed by atoms with van der Waals surface area (Å²) >= 11 is 0. The van der Waals surface area contributed by atoms with Crippen LogP contribution >= 0.6 is 0 Å². The highest BCUT2D eigenvalue weighted by Crippen LogP contribution is 2.48. The molecule has 1 aliphatic carbocycles. The molecule has 1 fully saturated rings. The van der Waals surface area contributed by atoms with Gasteiger partial charge in [-0.15, -0.1) is 0 Å². The molecule has 1 amide bonds. The highest BCUT2D eigenvalue weighted by molar-refractivity contribution is 5.81. The van der Waals surface area contributed by atoms with Gasteiger partial charge in [0.25, 0.3) is 0 Å². The van der Waals surface area contributed by atoms with Gasteiger partial charge in [0.2, 0.25) is 5.91 Å². The van der Waals surface area contributed by atoms with Crippen molar-refractivity contribution in [2.24, 2.45) is 5.41 Å². The van der Waals surface area contributed by atoms with Gasteiger partial charge in [0, 0.05) is 24.5 Å². The van der Waals surface area contributed by atoms with E-state index in [0.717, 1.165) is 19.3 Å². The van der Waals surface area contributed by atoms with Crippen molar-refractivity contribution in [3.63, 3.8) is 0 Å². The van der Waals surface area contributed by atoms with Crippen molar-refractivity contribution < 1.29 is 19.4 Å². The van der Waals surface area contributed by atoms with Gasteiger partial charge >= 0.3 is 5.97 Å². The van der Waals surface area contributed by atoms with E-state index >= 15 is 0 Å². The third-order valence-corrected chi connectivity index (χ3v) is 4.37. The average molecular weight is 271 g/mol. The van der Waals surface area contributed by atoms with E-state index in [-0.39, 0.29) is 36.3 Å².